The zero-order valence-electron chi connectivity index (χ0n) is 12.4. The summed E-state index contributed by atoms with van der Waals surface area (Å²) in [5, 5.41) is 8.44. The molecule has 1 aromatic rings. The smallest absolute Gasteiger partial charge is 0.0767 e. The molecular formula is C15H26BrN3. The van der Waals surface area contributed by atoms with E-state index in [0.717, 1.165) is 19.5 Å². The summed E-state index contributed by atoms with van der Waals surface area (Å²) in [6.07, 6.45) is 7.69. The number of hydrogen-bond donors (Lipinski definition) is 1. The van der Waals surface area contributed by atoms with E-state index in [2.05, 4.69) is 51.8 Å². The molecule has 0 bridgehead atoms. The van der Waals surface area contributed by atoms with Crippen molar-refractivity contribution in [3.8, 4) is 0 Å². The van der Waals surface area contributed by atoms with E-state index in [4.69, 9.17) is 0 Å². The fraction of sp³-hybridized carbons (Fsp3) is 0.800. The van der Waals surface area contributed by atoms with Crippen molar-refractivity contribution in [1.82, 2.24) is 15.1 Å². The lowest BCUT2D eigenvalue weighted by atomic mass is 9.83. The molecule has 3 nitrogen and oxygen atoms in total. The van der Waals surface area contributed by atoms with Gasteiger partial charge in [0.25, 0.3) is 0 Å². The van der Waals surface area contributed by atoms with Gasteiger partial charge in [-0.15, -0.1) is 0 Å². The minimum absolute atomic E-state index is 0.312. The molecule has 0 radical (unpaired) electrons. The first kappa shape index (κ1) is 15.0. The van der Waals surface area contributed by atoms with Gasteiger partial charge in [-0.05, 0) is 49.0 Å². The Kier molecular flexibility index (Phi) is 5.07. The summed E-state index contributed by atoms with van der Waals surface area (Å²) in [4.78, 5) is 0. The SMILES string of the molecule is CCc1nn(CC)c(CNC2(C)CCCCC2)c1Br. The first-order valence-electron chi connectivity index (χ1n) is 7.58. The van der Waals surface area contributed by atoms with E-state index in [9.17, 15) is 0 Å². The molecule has 2 rings (SSSR count). The van der Waals surface area contributed by atoms with Crippen LogP contribution in [-0.2, 0) is 19.5 Å². The summed E-state index contributed by atoms with van der Waals surface area (Å²) in [6.45, 7) is 8.54. The van der Waals surface area contributed by atoms with Crippen LogP contribution in [0.25, 0.3) is 0 Å². The van der Waals surface area contributed by atoms with Gasteiger partial charge in [0.1, 0.15) is 0 Å². The number of aromatic nitrogens is 2. The molecule has 1 fully saturated rings. The quantitative estimate of drug-likeness (QED) is 0.884. The summed E-state index contributed by atoms with van der Waals surface area (Å²) >= 11 is 3.72. The minimum atomic E-state index is 0.312. The zero-order chi connectivity index (χ0) is 13.9. The average molecular weight is 328 g/mol. The predicted molar refractivity (Wildman–Crippen MR) is 83.3 cm³/mol. The standard InChI is InChI=1S/C15H26BrN3/c1-4-12-14(16)13(19(5-2)18-12)11-17-15(3)9-7-6-8-10-15/h17H,4-11H2,1-3H3. The van der Waals surface area contributed by atoms with Gasteiger partial charge in [0, 0.05) is 18.6 Å². The molecule has 1 aliphatic carbocycles. The number of halogens is 1. The highest BCUT2D eigenvalue weighted by Crippen LogP contribution is 2.29. The van der Waals surface area contributed by atoms with Crippen LogP contribution in [0.3, 0.4) is 0 Å². The molecule has 19 heavy (non-hydrogen) atoms. The normalized spacial score (nSPS) is 18.7. The summed E-state index contributed by atoms with van der Waals surface area (Å²) in [7, 11) is 0. The van der Waals surface area contributed by atoms with Crippen LogP contribution in [0.5, 0.6) is 0 Å². The van der Waals surface area contributed by atoms with Gasteiger partial charge < -0.3 is 5.32 Å². The summed E-state index contributed by atoms with van der Waals surface area (Å²) in [6, 6.07) is 0. The fourth-order valence-electron chi connectivity index (χ4n) is 2.99. The molecule has 1 aliphatic rings. The van der Waals surface area contributed by atoms with E-state index in [1.807, 2.05) is 0 Å². The third-order valence-corrected chi connectivity index (χ3v) is 5.25. The average Bonchev–Trinajstić information content (AvgIpc) is 2.73. The van der Waals surface area contributed by atoms with Gasteiger partial charge in [-0.25, -0.2) is 0 Å². The molecule has 4 heteroatoms. The van der Waals surface area contributed by atoms with Crippen LogP contribution in [0.4, 0.5) is 0 Å². The lowest BCUT2D eigenvalue weighted by Gasteiger charge is -2.34. The number of nitrogens with zero attached hydrogens (tertiary/aromatic N) is 2. The molecular weight excluding hydrogens is 302 g/mol. The Balaban J connectivity index is 2.08. The Morgan fingerprint density at radius 1 is 1.26 bits per heavy atom. The molecule has 0 aromatic carbocycles. The highest BCUT2D eigenvalue weighted by molar-refractivity contribution is 9.10. The van der Waals surface area contributed by atoms with Gasteiger partial charge >= 0.3 is 0 Å². The van der Waals surface area contributed by atoms with Crippen molar-refractivity contribution in [3.05, 3.63) is 15.9 Å². The van der Waals surface area contributed by atoms with Crippen molar-refractivity contribution in [3.63, 3.8) is 0 Å². The monoisotopic (exact) mass is 327 g/mol. The van der Waals surface area contributed by atoms with E-state index in [1.165, 1.54) is 48.0 Å². The van der Waals surface area contributed by atoms with Crippen molar-refractivity contribution in [2.75, 3.05) is 0 Å². The van der Waals surface area contributed by atoms with Crippen LogP contribution in [0.15, 0.2) is 4.47 Å². The van der Waals surface area contributed by atoms with Gasteiger partial charge in [0.2, 0.25) is 0 Å². The molecule has 0 saturated heterocycles. The van der Waals surface area contributed by atoms with Crippen LogP contribution in [0, 0.1) is 0 Å². The Morgan fingerprint density at radius 3 is 2.53 bits per heavy atom. The van der Waals surface area contributed by atoms with Gasteiger partial charge in [-0.3, -0.25) is 4.68 Å². The Labute approximate surface area is 125 Å². The fourth-order valence-corrected chi connectivity index (χ4v) is 3.70. The van der Waals surface area contributed by atoms with Crippen LogP contribution >= 0.6 is 15.9 Å². The van der Waals surface area contributed by atoms with E-state index in [1.54, 1.807) is 0 Å². The number of aryl methyl sites for hydroxylation is 2. The maximum absolute atomic E-state index is 4.66. The summed E-state index contributed by atoms with van der Waals surface area (Å²) in [5.41, 5.74) is 2.78. The molecule has 0 aliphatic heterocycles. The second-order valence-electron chi connectivity index (χ2n) is 5.85. The van der Waals surface area contributed by atoms with Crippen molar-refractivity contribution in [2.24, 2.45) is 0 Å². The Bertz CT molecular complexity index is 419. The van der Waals surface area contributed by atoms with Gasteiger partial charge in [-0.1, -0.05) is 26.2 Å². The molecule has 0 spiro atoms. The van der Waals surface area contributed by atoms with Gasteiger partial charge in [0.15, 0.2) is 0 Å². The number of rotatable bonds is 5. The molecule has 1 saturated carbocycles. The molecule has 1 N–H and O–H groups in total. The van der Waals surface area contributed by atoms with Crippen molar-refractivity contribution in [1.29, 1.82) is 0 Å². The van der Waals surface area contributed by atoms with Crippen molar-refractivity contribution < 1.29 is 0 Å². The third kappa shape index (κ3) is 3.40. The first-order chi connectivity index (χ1) is 9.09. The maximum Gasteiger partial charge on any atom is 0.0767 e. The first-order valence-corrected chi connectivity index (χ1v) is 8.38. The summed E-state index contributed by atoms with van der Waals surface area (Å²) in [5.74, 6) is 0. The Hall–Kier alpha value is -0.350. The molecule has 0 atom stereocenters. The highest BCUT2D eigenvalue weighted by Gasteiger charge is 2.26. The molecule has 108 valence electrons. The van der Waals surface area contributed by atoms with Gasteiger partial charge in [-0.2, -0.15) is 5.10 Å². The lowest BCUT2D eigenvalue weighted by Crippen LogP contribution is -2.43. The number of hydrogen-bond acceptors (Lipinski definition) is 2. The highest BCUT2D eigenvalue weighted by atomic mass is 79.9. The van der Waals surface area contributed by atoms with E-state index < -0.39 is 0 Å². The van der Waals surface area contributed by atoms with E-state index in [-0.39, 0.29) is 0 Å². The molecule has 1 aromatic heterocycles. The van der Waals surface area contributed by atoms with Gasteiger partial charge in [0.05, 0.1) is 15.9 Å². The van der Waals surface area contributed by atoms with Crippen LogP contribution < -0.4 is 5.32 Å². The van der Waals surface area contributed by atoms with Crippen molar-refractivity contribution >= 4 is 15.9 Å². The topological polar surface area (TPSA) is 29.9 Å². The number of nitrogens with one attached hydrogen (secondary N) is 1. The second-order valence-corrected chi connectivity index (χ2v) is 6.64. The largest absolute Gasteiger partial charge is 0.306 e. The maximum atomic E-state index is 4.66. The van der Waals surface area contributed by atoms with E-state index in [0.29, 0.717) is 5.54 Å². The minimum Gasteiger partial charge on any atom is -0.306 e. The predicted octanol–water partition coefficient (Wildman–Crippen LogP) is 4.04. The lowest BCUT2D eigenvalue weighted by molar-refractivity contribution is 0.250. The third-order valence-electron chi connectivity index (χ3n) is 4.33. The Morgan fingerprint density at radius 2 is 1.95 bits per heavy atom. The molecule has 1 heterocycles. The van der Waals surface area contributed by atoms with E-state index >= 15 is 0 Å². The zero-order valence-corrected chi connectivity index (χ0v) is 14.0. The second kappa shape index (κ2) is 6.40. The summed E-state index contributed by atoms with van der Waals surface area (Å²) < 4.78 is 3.33. The van der Waals surface area contributed by atoms with Crippen molar-refractivity contribution in [2.45, 2.75) is 77.9 Å². The van der Waals surface area contributed by atoms with Crippen LogP contribution in [0.2, 0.25) is 0 Å². The molecule has 0 amide bonds. The van der Waals surface area contributed by atoms with Crippen LogP contribution in [0.1, 0.15) is 64.3 Å². The van der Waals surface area contributed by atoms with Crippen LogP contribution in [-0.4, -0.2) is 15.3 Å². The molecule has 0 unspecified atom stereocenters.